The molecule has 2 heterocycles. The molecule has 2 heteroatoms. The Morgan fingerprint density at radius 3 is 1.54 bits per heavy atom. The summed E-state index contributed by atoms with van der Waals surface area (Å²) in [5, 5.41) is 8.69. The molecule has 9 aromatic rings. The number of para-hydroxylation sites is 1. The summed E-state index contributed by atoms with van der Waals surface area (Å²) in [7, 11) is 0. The fourth-order valence-corrected chi connectivity index (χ4v) is 6.82. The van der Waals surface area contributed by atoms with Crippen LogP contribution >= 0.6 is 0 Å². The first-order valence-electron chi connectivity index (χ1n) is 14.1. The molecule has 190 valence electrons. The highest BCUT2D eigenvalue weighted by atomic mass is 15.0. The highest BCUT2D eigenvalue weighted by molar-refractivity contribution is 6.22. The third-order valence-electron chi connectivity index (χ3n) is 8.54. The van der Waals surface area contributed by atoms with Crippen molar-refractivity contribution in [3.8, 4) is 22.3 Å². The summed E-state index contributed by atoms with van der Waals surface area (Å²) in [6, 6.07) is 52.5. The quantitative estimate of drug-likeness (QED) is 0.164. The Morgan fingerprint density at radius 1 is 0.366 bits per heavy atom. The number of hydrogen-bond acceptors (Lipinski definition) is 1. The van der Waals surface area contributed by atoms with Crippen molar-refractivity contribution in [2.75, 3.05) is 0 Å². The van der Waals surface area contributed by atoms with Gasteiger partial charge in [-0.3, -0.25) is 4.40 Å². The first-order chi connectivity index (χ1) is 20.4. The number of pyridine rings is 1. The summed E-state index contributed by atoms with van der Waals surface area (Å²) in [5.74, 6) is 0. The molecule has 7 aromatic carbocycles. The summed E-state index contributed by atoms with van der Waals surface area (Å²) in [4.78, 5) is 5.27. The van der Waals surface area contributed by atoms with Crippen molar-refractivity contribution in [3.63, 3.8) is 0 Å². The van der Waals surface area contributed by atoms with Gasteiger partial charge in [-0.2, -0.15) is 0 Å². The number of benzene rings is 7. The zero-order valence-corrected chi connectivity index (χ0v) is 22.3. The van der Waals surface area contributed by atoms with Crippen LogP contribution in [0.5, 0.6) is 0 Å². The second-order valence-electron chi connectivity index (χ2n) is 10.7. The minimum atomic E-state index is 1.00. The van der Waals surface area contributed by atoms with E-state index >= 15 is 0 Å². The number of fused-ring (bicyclic) bond motifs is 10. The van der Waals surface area contributed by atoms with Crippen molar-refractivity contribution in [2.45, 2.75) is 0 Å². The highest BCUT2D eigenvalue weighted by Crippen LogP contribution is 2.44. The van der Waals surface area contributed by atoms with E-state index in [4.69, 9.17) is 4.98 Å². The lowest BCUT2D eigenvalue weighted by Crippen LogP contribution is -1.91. The smallest absolute Gasteiger partial charge is 0.146 e. The monoisotopic (exact) mass is 520 g/mol. The summed E-state index contributed by atoms with van der Waals surface area (Å²) in [6.45, 7) is 0. The van der Waals surface area contributed by atoms with Crippen LogP contribution in [-0.4, -0.2) is 9.38 Å². The molecule has 2 aromatic heterocycles. The topological polar surface area (TPSA) is 17.3 Å². The van der Waals surface area contributed by atoms with Gasteiger partial charge in [-0.05, 0) is 67.4 Å². The Morgan fingerprint density at radius 2 is 0.878 bits per heavy atom. The standard InChI is InChI=1S/C39H24N2/c1-2-12-25(13-3-1)37-29-16-5-7-18-31(29)38(32-19-8-6-17-30(32)37)26-22-23-36-34(24-26)40-39-33-20-9-4-14-27(33)28-15-10-11-21-35(28)41(36)39/h1-24H. The van der Waals surface area contributed by atoms with Crippen LogP contribution in [0.15, 0.2) is 146 Å². The van der Waals surface area contributed by atoms with Crippen molar-refractivity contribution < 1.29 is 0 Å². The SMILES string of the molecule is c1ccc(-c2c3ccccc3c(-c3ccc4c(c3)nc3c5ccccc5c5ccccc5n43)c3ccccc23)cc1. The molecule has 0 radical (unpaired) electrons. The molecule has 0 unspecified atom stereocenters. The van der Waals surface area contributed by atoms with Gasteiger partial charge in [-0.25, -0.2) is 4.98 Å². The van der Waals surface area contributed by atoms with Gasteiger partial charge in [0.05, 0.1) is 16.6 Å². The largest absolute Gasteiger partial charge is 0.292 e. The van der Waals surface area contributed by atoms with Crippen molar-refractivity contribution in [3.05, 3.63) is 146 Å². The molecule has 41 heavy (non-hydrogen) atoms. The molecule has 0 aliphatic heterocycles. The van der Waals surface area contributed by atoms with Gasteiger partial charge >= 0.3 is 0 Å². The van der Waals surface area contributed by atoms with E-state index in [0.717, 1.165) is 16.7 Å². The van der Waals surface area contributed by atoms with Gasteiger partial charge in [-0.15, -0.1) is 0 Å². The predicted molar refractivity (Wildman–Crippen MR) is 174 cm³/mol. The molecular formula is C39H24N2. The number of aromatic nitrogens is 2. The van der Waals surface area contributed by atoms with Gasteiger partial charge in [-0.1, -0.05) is 127 Å². The lowest BCUT2D eigenvalue weighted by molar-refractivity contribution is 1.31. The van der Waals surface area contributed by atoms with E-state index in [2.05, 4.69) is 150 Å². The Bertz CT molecular complexity index is 2410. The van der Waals surface area contributed by atoms with Crippen LogP contribution in [-0.2, 0) is 0 Å². The van der Waals surface area contributed by atoms with Gasteiger partial charge in [0, 0.05) is 10.8 Å². The fraction of sp³-hybridized carbons (Fsp3) is 0. The minimum absolute atomic E-state index is 1.00. The third-order valence-corrected chi connectivity index (χ3v) is 8.54. The second kappa shape index (κ2) is 8.51. The average molecular weight is 521 g/mol. The van der Waals surface area contributed by atoms with Gasteiger partial charge in [0.1, 0.15) is 5.65 Å². The zero-order valence-electron chi connectivity index (χ0n) is 22.3. The van der Waals surface area contributed by atoms with Crippen LogP contribution < -0.4 is 0 Å². The molecule has 0 bridgehead atoms. The van der Waals surface area contributed by atoms with Crippen LogP contribution in [0.1, 0.15) is 0 Å². The molecule has 0 fully saturated rings. The molecule has 0 saturated heterocycles. The van der Waals surface area contributed by atoms with Crippen molar-refractivity contribution in [1.29, 1.82) is 0 Å². The molecule has 0 amide bonds. The normalized spacial score (nSPS) is 11.9. The Kier molecular flexibility index (Phi) is 4.64. The van der Waals surface area contributed by atoms with E-state index in [9.17, 15) is 0 Å². The Hall–Kier alpha value is -5.47. The van der Waals surface area contributed by atoms with Gasteiger partial charge in [0.2, 0.25) is 0 Å². The lowest BCUT2D eigenvalue weighted by Gasteiger charge is -2.17. The zero-order chi connectivity index (χ0) is 26.9. The summed E-state index contributed by atoms with van der Waals surface area (Å²) in [5.41, 5.74) is 9.27. The van der Waals surface area contributed by atoms with E-state index < -0.39 is 0 Å². The first kappa shape index (κ1) is 22.4. The van der Waals surface area contributed by atoms with Crippen molar-refractivity contribution in [2.24, 2.45) is 0 Å². The molecule has 0 N–H and O–H groups in total. The average Bonchev–Trinajstić information content (AvgIpc) is 3.43. The Labute approximate surface area is 236 Å². The molecule has 0 aliphatic carbocycles. The summed E-state index contributed by atoms with van der Waals surface area (Å²) < 4.78 is 2.32. The summed E-state index contributed by atoms with van der Waals surface area (Å²) >= 11 is 0. The Balaban J connectivity index is 1.40. The fourth-order valence-electron chi connectivity index (χ4n) is 6.82. The van der Waals surface area contributed by atoms with E-state index in [1.165, 1.54) is 65.5 Å². The van der Waals surface area contributed by atoms with Crippen molar-refractivity contribution in [1.82, 2.24) is 9.38 Å². The van der Waals surface area contributed by atoms with Crippen LogP contribution in [0, 0.1) is 0 Å². The van der Waals surface area contributed by atoms with E-state index in [1.54, 1.807) is 0 Å². The summed E-state index contributed by atoms with van der Waals surface area (Å²) in [6.07, 6.45) is 0. The van der Waals surface area contributed by atoms with Crippen LogP contribution in [0.2, 0.25) is 0 Å². The highest BCUT2D eigenvalue weighted by Gasteiger charge is 2.18. The number of nitrogens with zero attached hydrogens (tertiary/aromatic N) is 2. The van der Waals surface area contributed by atoms with Crippen molar-refractivity contribution >= 4 is 59.9 Å². The van der Waals surface area contributed by atoms with E-state index in [-0.39, 0.29) is 0 Å². The predicted octanol–water partition coefficient (Wildman–Crippen LogP) is 10.4. The molecule has 9 rings (SSSR count). The van der Waals surface area contributed by atoms with Crippen LogP contribution in [0.25, 0.3) is 82.2 Å². The van der Waals surface area contributed by atoms with Crippen LogP contribution in [0.4, 0.5) is 0 Å². The van der Waals surface area contributed by atoms with Gasteiger partial charge in [0.25, 0.3) is 0 Å². The molecule has 2 nitrogen and oxygen atoms in total. The van der Waals surface area contributed by atoms with Crippen LogP contribution in [0.3, 0.4) is 0 Å². The first-order valence-corrected chi connectivity index (χ1v) is 14.1. The number of hydrogen-bond donors (Lipinski definition) is 0. The maximum absolute atomic E-state index is 5.27. The maximum Gasteiger partial charge on any atom is 0.146 e. The van der Waals surface area contributed by atoms with E-state index in [0.29, 0.717) is 0 Å². The molecule has 0 atom stereocenters. The molecule has 0 spiro atoms. The third kappa shape index (κ3) is 3.16. The number of imidazole rings is 1. The number of rotatable bonds is 2. The molecule has 0 aliphatic rings. The maximum atomic E-state index is 5.27. The second-order valence-corrected chi connectivity index (χ2v) is 10.7. The van der Waals surface area contributed by atoms with Gasteiger partial charge in [0.15, 0.2) is 0 Å². The minimum Gasteiger partial charge on any atom is -0.292 e. The molecule has 0 saturated carbocycles. The lowest BCUT2D eigenvalue weighted by atomic mass is 9.86. The molecular weight excluding hydrogens is 496 g/mol. The van der Waals surface area contributed by atoms with Gasteiger partial charge < -0.3 is 0 Å². The van der Waals surface area contributed by atoms with E-state index in [1.807, 2.05) is 0 Å².